The third-order valence-electron chi connectivity index (χ3n) is 3.20. The molecule has 0 unspecified atom stereocenters. The predicted molar refractivity (Wildman–Crippen MR) is 83.2 cm³/mol. The second-order valence-electron chi connectivity index (χ2n) is 4.70. The highest BCUT2D eigenvalue weighted by molar-refractivity contribution is 7.92. The summed E-state index contributed by atoms with van der Waals surface area (Å²) in [7, 11) is -2.06. The van der Waals surface area contributed by atoms with E-state index in [1.54, 1.807) is 24.3 Å². The lowest BCUT2D eigenvalue weighted by Crippen LogP contribution is -2.28. The third kappa shape index (κ3) is 3.63. The molecule has 116 valence electrons. The Bertz CT molecular complexity index is 743. The molecule has 0 saturated heterocycles. The molecule has 2 rings (SSSR count). The van der Waals surface area contributed by atoms with Gasteiger partial charge in [0.25, 0.3) is 5.91 Å². The SMILES string of the molecule is CN(c1ccc(C(=O)NO)cc1)S(=O)(=O)Cc1ccccc1. The lowest BCUT2D eigenvalue weighted by atomic mass is 10.2. The molecule has 0 aromatic heterocycles. The first-order valence-corrected chi connectivity index (χ1v) is 8.10. The van der Waals surface area contributed by atoms with Crippen molar-refractivity contribution in [1.29, 1.82) is 0 Å². The van der Waals surface area contributed by atoms with E-state index in [1.807, 2.05) is 6.07 Å². The number of carbonyl (C=O) groups excluding carboxylic acids is 1. The number of hydrogen-bond donors (Lipinski definition) is 2. The molecule has 2 N–H and O–H groups in total. The first-order valence-electron chi connectivity index (χ1n) is 6.49. The summed E-state index contributed by atoms with van der Waals surface area (Å²) in [5.74, 6) is -0.759. The van der Waals surface area contributed by atoms with Gasteiger partial charge in [-0.25, -0.2) is 13.9 Å². The van der Waals surface area contributed by atoms with E-state index in [4.69, 9.17) is 5.21 Å². The molecule has 0 radical (unpaired) electrons. The van der Waals surface area contributed by atoms with Gasteiger partial charge in [-0.05, 0) is 29.8 Å². The van der Waals surface area contributed by atoms with E-state index in [0.717, 1.165) is 0 Å². The number of hydrogen-bond acceptors (Lipinski definition) is 4. The lowest BCUT2D eigenvalue weighted by Gasteiger charge is -2.19. The van der Waals surface area contributed by atoms with Crippen LogP contribution >= 0.6 is 0 Å². The van der Waals surface area contributed by atoms with Crippen LogP contribution in [0.5, 0.6) is 0 Å². The fourth-order valence-corrected chi connectivity index (χ4v) is 3.18. The highest BCUT2D eigenvalue weighted by Crippen LogP contribution is 2.19. The van der Waals surface area contributed by atoms with Crippen molar-refractivity contribution in [2.24, 2.45) is 0 Å². The number of hydroxylamine groups is 1. The Morgan fingerprint density at radius 1 is 1.09 bits per heavy atom. The second-order valence-corrected chi connectivity index (χ2v) is 6.70. The van der Waals surface area contributed by atoms with Crippen molar-refractivity contribution in [3.8, 4) is 0 Å². The average Bonchev–Trinajstić information content (AvgIpc) is 2.54. The van der Waals surface area contributed by atoms with Crippen molar-refractivity contribution in [1.82, 2.24) is 5.48 Å². The number of amides is 1. The summed E-state index contributed by atoms with van der Waals surface area (Å²) >= 11 is 0. The largest absolute Gasteiger partial charge is 0.288 e. The van der Waals surface area contributed by atoms with Gasteiger partial charge in [-0.2, -0.15) is 0 Å². The maximum atomic E-state index is 12.4. The standard InChI is InChI=1S/C15H16N2O4S/c1-17(14-9-7-13(8-10-14)15(18)16-19)22(20,21)11-12-5-3-2-4-6-12/h2-10,19H,11H2,1H3,(H,16,18). The Balaban J connectivity index is 2.19. The lowest BCUT2D eigenvalue weighted by molar-refractivity contribution is 0.0706. The first-order chi connectivity index (χ1) is 10.4. The van der Waals surface area contributed by atoms with Crippen molar-refractivity contribution in [2.75, 3.05) is 11.4 Å². The molecule has 1 amide bonds. The van der Waals surface area contributed by atoms with Gasteiger partial charge >= 0.3 is 0 Å². The molecule has 0 atom stereocenters. The molecular formula is C15H16N2O4S. The molecule has 7 heteroatoms. The molecule has 0 aliphatic heterocycles. The summed E-state index contributed by atoms with van der Waals surface area (Å²) < 4.78 is 25.9. The number of anilines is 1. The Kier molecular flexibility index (Phi) is 4.79. The highest BCUT2D eigenvalue weighted by atomic mass is 32.2. The fraction of sp³-hybridized carbons (Fsp3) is 0.133. The topological polar surface area (TPSA) is 86.7 Å². The molecule has 0 aliphatic carbocycles. The summed E-state index contributed by atoms with van der Waals surface area (Å²) in [5, 5.41) is 8.55. The number of carbonyl (C=O) groups is 1. The number of nitrogens with zero attached hydrogens (tertiary/aromatic N) is 1. The number of benzene rings is 2. The molecule has 0 saturated carbocycles. The van der Waals surface area contributed by atoms with Gasteiger partial charge < -0.3 is 0 Å². The van der Waals surface area contributed by atoms with Gasteiger partial charge in [0, 0.05) is 12.6 Å². The second kappa shape index (κ2) is 6.59. The summed E-state index contributed by atoms with van der Waals surface area (Å²) in [4.78, 5) is 11.2. The Labute approximate surface area is 129 Å². The van der Waals surface area contributed by atoms with Crippen LogP contribution in [0.2, 0.25) is 0 Å². The van der Waals surface area contributed by atoms with Gasteiger partial charge in [-0.3, -0.25) is 14.3 Å². The summed E-state index contributed by atoms with van der Waals surface area (Å²) in [6, 6.07) is 14.8. The van der Waals surface area contributed by atoms with Gasteiger partial charge in [-0.15, -0.1) is 0 Å². The van der Waals surface area contributed by atoms with Gasteiger partial charge in [0.1, 0.15) is 0 Å². The molecule has 0 heterocycles. The van der Waals surface area contributed by atoms with E-state index < -0.39 is 15.9 Å². The molecule has 0 spiro atoms. The van der Waals surface area contributed by atoms with Crippen molar-refractivity contribution < 1.29 is 18.4 Å². The van der Waals surface area contributed by atoms with E-state index in [-0.39, 0.29) is 11.3 Å². The van der Waals surface area contributed by atoms with Crippen LogP contribution < -0.4 is 9.79 Å². The average molecular weight is 320 g/mol. The Hall–Kier alpha value is -2.38. The van der Waals surface area contributed by atoms with E-state index in [1.165, 1.54) is 41.1 Å². The highest BCUT2D eigenvalue weighted by Gasteiger charge is 2.19. The number of rotatable bonds is 5. The van der Waals surface area contributed by atoms with E-state index >= 15 is 0 Å². The Morgan fingerprint density at radius 3 is 2.23 bits per heavy atom. The summed E-state index contributed by atoms with van der Waals surface area (Å²) in [6.45, 7) is 0. The Morgan fingerprint density at radius 2 is 1.68 bits per heavy atom. The van der Waals surface area contributed by atoms with Crippen LogP contribution in [0.3, 0.4) is 0 Å². The van der Waals surface area contributed by atoms with E-state index in [2.05, 4.69) is 0 Å². The van der Waals surface area contributed by atoms with Crippen LogP contribution in [0.4, 0.5) is 5.69 Å². The molecule has 0 aliphatic rings. The molecule has 0 bridgehead atoms. The van der Waals surface area contributed by atoms with Gasteiger partial charge in [0.2, 0.25) is 10.0 Å². The molecule has 6 nitrogen and oxygen atoms in total. The van der Waals surface area contributed by atoms with Crippen molar-refractivity contribution in [2.45, 2.75) is 5.75 Å². The third-order valence-corrected chi connectivity index (χ3v) is 4.95. The van der Waals surface area contributed by atoms with E-state index in [9.17, 15) is 13.2 Å². The number of nitrogens with one attached hydrogen (secondary N) is 1. The monoisotopic (exact) mass is 320 g/mol. The van der Waals surface area contributed by atoms with Crippen molar-refractivity contribution in [3.63, 3.8) is 0 Å². The normalized spacial score (nSPS) is 11.0. The molecular weight excluding hydrogens is 304 g/mol. The summed E-state index contributed by atoms with van der Waals surface area (Å²) in [5.41, 5.74) is 2.89. The maximum Gasteiger partial charge on any atom is 0.274 e. The van der Waals surface area contributed by atoms with Crippen molar-refractivity contribution in [3.05, 3.63) is 65.7 Å². The van der Waals surface area contributed by atoms with Gasteiger partial charge in [-0.1, -0.05) is 30.3 Å². The maximum absolute atomic E-state index is 12.4. The number of sulfonamides is 1. The van der Waals surface area contributed by atoms with Crippen LogP contribution in [-0.4, -0.2) is 26.6 Å². The molecule has 22 heavy (non-hydrogen) atoms. The van der Waals surface area contributed by atoms with Crippen LogP contribution in [0.1, 0.15) is 15.9 Å². The van der Waals surface area contributed by atoms with Gasteiger partial charge in [0.05, 0.1) is 11.4 Å². The van der Waals surface area contributed by atoms with Crippen LogP contribution in [-0.2, 0) is 15.8 Å². The summed E-state index contributed by atoms with van der Waals surface area (Å²) in [6.07, 6.45) is 0. The molecule has 2 aromatic carbocycles. The van der Waals surface area contributed by atoms with Crippen molar-refractivity contribution >= 4 is 21.6 Å². The van der Waals surface area contributed by atoms with Crippen LogP contribution in [0.15, 0.2) is 54.6 Å². The quantitative estimate of drug-likeness (QED) is 0.649. The first kappa shape index (κ1) is 16.0. The molecule has 0 fully saturated rings. The molecule has 2 aromatic rings. The van der Waals surface area contributed by atoms with E-state index in [0.29, 0.717) is 11.3 Å². The minimum Gasteiger partial charge on any atom is -0.288 e. The van der Waals surface area contributed by atoms with Crippen LogP contribution in [0, 0.1) is 0 Å². The fourth-order valence-electron chi connectivity index (χ4n) is 1.93. The van der Waals surface area contributed by atoms with Crippen LogP contribution in [0.25, 0.3) is 0 Å². The zero-order chi connectivity index (χ0) is 16.2. The predicted octanol–water partition coefficient (Wildman–Crippen LogP) is 1.77. The zero-order valence-electron chi connectivity index (χ0n) is 11.9. The minimum atomic E-state index is -3.52. The smallest absolute Gasteiger partial charge is 0.274 e. The zero-order valence-corrected chi connectivity index (χ0v) is 12.7. The minimum absolute atomic E-state index is 0.108. The van der Waals surface area contributed by atoms with Gasteiger partial charge in [0.15, 0.2) is 0 Å².